The number of allylic oxidation sites excluding steroid dienone is 1. The topological polar surface area (TPSA) is 57.9 Å². The van der Waals surface area contributed by atoms with E-state index in [2.05, 4.69) is 20.9 Å². The van der Waals surface area contributed by atoms with E-state index >= 15 is 0 Å². The molecule has 146 valence electrons. The van der Waals surface area contributed by atoms with E-state index in [9.17, 15) is 8.78 Å². The van der Waals surface area contributed by atoms with Crippen molar-refractivity contribution in [2.45, 2.75) is 25.1 Å². The van der Waals surface area contributed by atoms with Crippen molar-refractivity contribution in [3.63, 3.8) is 0 Å². The van der Waals surface area contributed by atoms with Gasteiger partial charge in [0.25, 0.3) is 0 Å². The van der Waals surface area contributed by atoms with E-state index in [1.54, 1.807) is 6.07 Å². The predicted octanol–water partition coefficient (Wildman–Crippen LogP) is 5.24. The van der Waals surface area contributed by atoms with Crippen molar-refractivity contribution < 1.29 is 18.3 Å². The highest BCUT2D eigenvalue weighted by atomic mass is 127. The molecule has 0 fully saturated rings. The summed E-state index contributed by atoms with van der Waals surface area (Å²) in [7, 11) is 0. The van der Waals surface area contributed by atoms with Crippen molar-refractivity contribution in [3.05, 3.63) is 48.9 Å². The molecule has 2 atom stereocenters. The van der Waals surface area contributed by atoms with Gasteiger partial charge in [0, 0.05) is 32.0 Å². The lowest BCUT2D eigenvalue weighted by Crippen LogP contribution is -2.27. The van der Waals surface area contributed by atoms with Crippen LogP contribution < -0.4 is 4.74 Å². The van der Waals surface area contributed by atoms with Crippen LogP contribution in [0.4, 0.5) is 8.78 Å². The molecule has 0 radical (unpaired) electrons. The van der Waals surface area contributed by atoms with Gasteiger partial charge in [0.15, 0.2) is 0 Å². The van der Waals surface area contributed by atoms with E-state index in [4.69, 9.17) is 26.3 Å². The van der Waals surface area contributed by atoms with E-state index in [0.717, 1.165) is 12.9 Å². The van der Waals surface area contributed by atoms with E-state index in [1.807, 2.05) is 23.4 Å². The van der Waals surface area contributed by atoms with Crippen molar-refractivity contribution in [1.29, 1.82) is 5.26 Å². The lowest BCUT2D eigenvalue weighted by Gasteiger charge is -2.27. The third-order valence-electron chi connectivity index (χ3n) is 4.44. The molecular formula is C18H12BrClF2IN3O2. The minimum atomic E-state index is -2.94. The summed E-state index contributed by atoms with van der Waals surface area (Å²) >= 11 is 9.02. The number of fused-ring (bicyclic) bond motifs is 2. The molecule has 2 aliphatic heterocycles. The summed E-state index contributed by atoms with van der Waals surface area (Å²) in [6.07, 6.45) is 3.97. The molecule has 1 aromatic carbocycles. The van der Waals surface area contributed by atoms with Crippen LogP contribution in [0, 0.1) is 11.3 Å². The molecule has 0 aromatic heterocycles. The van der Waals surface area contributed by atoms with Gasteiger partial charge < -0.3 is 14.4 Å². The van der Waals surface area contributed by atoms with Gasteiger partial charge in [0.1, 0.15) is 17.0 Å². The van der Waals surface area contributed by atoms with Crippen LogP contribution in [0.2, 0.25) is 5.02 Å². The van der Waals surface area contributed by atoms with Crippen molar-refractivity contribution in [3.8, 4) is 11.8 Å². The van der Waals surface area contributed by atoms with Gasteiger partial charge in [-0.2, -0.15) is 14.0 Å². The second-order valence-corrected chi connectivity index (χ2v) is 10.1. The third-order valence-corrected chi connectivity index (χ3v) is 8.26. The average Bonchev–Trinajstić information content (AvgIpc) is 3.18. The van der Waals surface area contributed by atoms with Crippen LogP contribution in [0.5, 0.6) is 5.75 Å². The Kier molecular flexibility index (Phi) is 5.83. The van der Waals surface area contributed by atoms with Crippen molar-refractivity contribution in [2.24, 2.45) is 4.99 Å². The molecule has 4 rings (SSSR count). The van der Waals surface area contributed by atoms with Gasteiger partial charge in [0.05, 0.1) is 22.0 Å². The smallest absolute Gasteiger partial charge is 0.387 e. The quantitative estimate of drug-likeness (QED) is 0.352. The Hall–Kier alpha value is -1.35. The predicted molar refractivity (Wildman–Crippen MR) is 114 cm³/mol. The number of alkyl halides is 2. The van der Waals surface area contributed by atoms with E-state index in [0.29, 0.717) is 21.6 Å². The minimum Gasteiger partial charge on any atom is -0.435 e. The highest BCUT2D eigenvalue weighted by Gasteiger charge is 2.43. The van der Waals surface area contributed by atoms with Crippen LogP contribution in [0.3, 0.4) is 0 Å². The number of halogens is 5. The van der Waals surface area contributed by atoms with Gasteiger partial charge >= 0.3 is 6.61 Å². The van der Waals surface area contributed by atoms with Crippen LogP contribution in [-0.4, -0.2) is 34.1 Å². The molecule has 1 aromatic rings. The molecule has 5 nitrogen and oxygen atoms in total. The summed E-state index contributed by atoms with van der Waals surface area (Å²) in [5.74, 6) is -0.149. The molecule has 2 heterocycles. The Balaban J connectivity index is 1.78. The van der Waals surface area contributed by atoms with E-state index in [1.165, 1.54) is 12.1 Å². The van der Waals surface area contributed by atoms with Crippen LogP contribution in [-0.2, 0) is 4.74 Å². The van der Waals surface area contributed by atoms with Gasteiger partial charge in [-0.25, -0.2) is 4.99 Å². The molecule has 28 heavy (non-hydrogen) atoms. The monoisotopic (exact) mass is 581 g/mol. The Bertz CT molecular complexity index is 990. The first-order chi connectivity index (χ1) is 13.5. The van der Waals surface area contributed by atoms with Crippen LogP contribution in [0.1, 0.15) is 17.9 Å². The van der Waals surface area contributed by atoms with Gasteiger partial charge in [-0.3, -0.25) is 0 Å². The Labute approximate surface area is 183 Å². The minimum absolute atomic E-state index is 0.0310. The maximum atomic E-state index is 12.9. The zero-order chi connectivity index (χ0) is 19.8. The normalized spacial score (nSPS) is 23.1. The van der Waals surface area contributed by atoms with Gasteiger partial charge in [-0.05, 0) is 40.5 Å². The molecule has 0 N–H and O–H groups in total. The number of nitrogens with zero attached hydrogens (tertiary/aromatic N) is 3. The third kappa shape index (κ3) is 3.75. The zero-order valence-corrected chi connectivity index (χ0v) is 18.6. The standard InChI is InChI=1S/C18H12BrClF2IN3O2/c19-14-8-26-15(7-25-14)23-16-13(27-4-3-24)6-11(17(16)26)10-5-9(20)1-2-12(10)28-18(21)22/h1-2,5,7-8,11,13,18H,4,6H2/t11-,13-/m1/s1. The Morgan fingerprint density at radius 2 is 2.29 bits per heavy atom. The van der Waals surface area contributed by atoms with Gasteiger partial charge in [0.2, 0.25) is 0 Å². The summed E-state index contributed by atoms with van der Waals surface area (Å²) in [5.41, 5.74) is 1.57. The fourth-order valence-electron chi connectivity index (χ4n) is 3.44. The second-order valence-electron chi connectivity index (χ2n) is 6.04. The number of ether oxygens (including phenoxy) is 2. The number of rotatable bonds is 5. The number of nitriles is 1. The fraction of sp³-hybridized carbons (Fsp3) is 0.278. The molecule has 0 unspecified atom stereocenters. The van der Waals surface area contributed by atoms with E-state index < -0.39 is 27.3 Å². The summed E-state index contributed by atoms with van der Waals surface area (Å²) in [4.78, 5) is 6.34. The molecule has 0 saturated carbocycles. The van der Waals surface area contributed by atoms with Crippen LogP contribution >= 0.6 is 48.3 Å². The molecule has 0 spiro atoms. The molecule has 0 bridgehead atoms. The Morgan fingerprint density at radius 3 is 3.04 bits per heavy atom. The molecule has 0 amide bonds. The first-order valence-electron chi connectivity index (χ1n) is 8.17. The average molecular weight is 583 g/mol. The lowest BCUT2D eigenvalue weighted by atomic mass is 9.94. The largest absolute Gasteiger partial charge is 0.435 e. The SMILES string of the molecule is N#CCO[C@@H]1C[C@H](c2cc(Cl)ccc2OC(F)F)C2=C1I=C1C=NC(Br)=CN12. The van der Waals surface area contributed by atoms with Crippen molar-refractivity contribution in [2.75, 3.05) is 6.61 Å². The molecule has 0 saturated heterocycles. The van der Waals surface area contributed by atoms with Crippen LogP contribution in [0.15, 0.2) is 43.3 Å². The zero-order valence-electron chi connectivity index (χ0n) is 14.1. The molecule has 1 aliphatic carbocycles. The highest BCUT2D eigenvalue weighted by molar-refractivity contribution is 14.2. The number of hydrogen-bond donors (Lipinski definition) is 0. The maximum Gasteiger partial charge on any atom is 0.387 e. The molecular weight excluding hydrogens is 570 g/mol. The van der Waals surface area contributed by atoms with Gasteiger partial charge in [-0.1, -0.05) is 32.3 Å². The van der Waals surface area contributed by atoms with Crippen molar-refractivity contribution in [1.82, 2.24) is 4.90 Å². The number of hydrogen-bond acceptors (Lipinski definition) is 5. The highest BCUT2D eigenvalue weighted by Crippen LogP contribution is 2.53. The number of benzene rings is 1. The molecule has 10 heteroatoms. The van der Waals surface area contributed by atoms with Crippen molar-refractivity contribution >= 4 is 58.1 Å². The van der Waals surface area contributed by atoms with E-state index in [-0.39, 0.29) is 24.4 Å². The number of aliphatic imine (C=N–C) groups is 1. The van der Waals surface area contributed by atoms with Gasteiger partial charge in [-0.15, -0.1) is 0 Å². The first-order valence-corrected chi connectivity index (χ1v) is 11.5. The summed E-state index contributed by atoms with van der Waals surface area (Å²) in [6, 6.07) is 6.65. The summed E-state index contributed by atoms with van der Waals surface area (Å²) in [5, 5.41) is 9.35. The summed E-state index contributed by atoms with van der Waals surface area (Å²) < 4.78 is 39.3. The second kappa shape index (κ2) is 8.18. The summed E-state index contributed by atoms with van der Waals surface area (Å²) in [6.45, 7) is -2.97. The Morgan fingerprint density at radius 1 is 1.46 bits per heavy atom. The molecule has 3 aliphatic rings. The maximum absolute atomic E-state index is 12.9. The first kappa shape index (κ1) is 19.9. The fourth-order valence-corrected chi connectivity index (χ4v) is 7.15. The lowest BCUT2D eigenvalue weighted by molar-refractivity contribution is -0.0506. The van der Waals surface area contributed by atoms with Crippen LogP contribution in [0.25, 0.3) is 0 Å².